The van der Waals surface area contributed by atoms with Crippen LogP contribution in [0.15, 0.2) is 35.3 Å². The molecule has 0 radical (unpaired) electrons. The Morgan fingerprint density at radius 2 is 2.14 bits per heavy atom. The molecule has 5 heteroatoms. The van der Waals surface area contributed by atoms with Crippen LogP contribution in [0.2, 0.25) is 0 Å². The fourth-order valence-electron chi connectivity index (χ4n) is 2.97. The fourth-order valence-corrected chi connectivity index (χ4v) is 2.97. The van der Waals surface area contributed by atoms with Gasteiger partial charge in [-0.05, 0) is 38.3 Å². The molecular formula is C16H19N3O2. The first-order valence-electron chi connectivity index (χ1n) is 7.41. The average Bonchev–Trinajstić information content (AvgIpc) is 2.50. The Bertz CT molecular complexity index is 723. The monoisotopic (exact) mass is 285 g/mol. The van der Waals surface area contributed by atoms with Gasteiger partial charge in [0, 0.05) is 12.6 Å². The molecule has 5 nitrogen and oxygen atoms in total. The standard InChI is InChI=1S/C16H19N3O2/c1-12-6-4-5-9-18(12)16(21)11-19-14-8-3-2-7-13(14)17-10-15(19)20/h2-3,7-8,10,12H,4-6,9,11H2,1H3/t12-/m0/s1. The molecule has 1 aromatic carbocycles. The largest absolute Gasteiger partial charge is 0.338 e. The van der Waals surface area contributed by atoms with Gasteiger partial charge in [0.25, 0.3) is 5.56 Å². The number of likely N-dealkylation sites (tertiary alicyclic amines) is 1. The number of benzene rings is 1. The Balaban J connectivity index is 1.92. The van der Waals surface area contributed by atoms with Gasteiger partial charge in [0.05, 0.1) is 17.2 Å². The predicted octanol–water partition coefficient (Wildman–Crippen LogP) is 1.80. The number of carbonyl (C=O) groups is 1. The van der Waals surface area contributed by atoms with E-state index >= 15 is 0 Å². The van der Waals surface area contributed by atoms with Crippen molar-refractivity contribution in [2.24, 2.45) is 0 Å². The second-order valence-electron chi connectivity index (χ2n) is 5.60. The minimum absolute atomic E-state index is 0.0145. The summed E-state index contributed by atoms with van der Waals surface area (Å²) < 4.78 is 1.52. The molecule has 2 heterocycles. The van der Waals surface area contributed by atoms with Crippen molar-refractivity contribution >= 4 is 16.9 Å². The van der Waals surface area contributed by atoms with Gasteiger partial charge >= 0.3 is 0 Å². The molecule has 0 saturated carbocycles. The van der Waals surface area contributed by atoms with Crippen LogP contribution in [0.4, 0.5) is 0 Å². The van der Waals surface area contributed by atoms with Crippen LogP contribution in [0.5, 0.6) is 0 Å². The number of para-hydroxylation sites is 2. The Hall–Kier alpha value is -2.17. The number of hydrogen-bond acceptors (Lipinski definition) is 3. The molecule has 1 aliphatic rings. The van der Waals surface area contributed by atoms with Gasteiger partial charge in [-0.3, -0.25) is 14.2 Å². The molecule has 0 bridgehead atoms. The van der Waals surface area contributed by atoms with Crippen LogP contribution in [-0.4, -0.2) is 32.9 Å². The molecule has 0 aliphatic carbocycles. The summed E-state index contributed by atoms with van der Waals surface area (Å²) >= 11 is 0. The second kappa shape index (κ2) is 5.68. The van der Waals surface area contributed by atoms with E-state index in [0.29, 0.717) is 5.52 Å². The maximum absolute atomic E-state index is 12.5. The smallest absolute Gasteiger partial charge is 0.269 e. The Labute approximate surface area is 123 Å². The summed E-state index contributed by atoms with van der Waals surface area (Å²) in [7, 11) is 0. The van der Waals surface area contributed by atoms with Gasteiger partial charge < -0.3 is 4.90 Å². The Morgan fingerprint density at radius 1 is 1.33 bits per heavy atom. The fraction of sp³-hybridized carbons (Fsp3) is 0.438. The molecular weight excluding hydrogens is 266 g/mol. The summed E-state index contributed by atoms with van der Waals surface area (Å²) in [6.07, 6.45) is 4.54. The van der Waals surface area contributed by atoms with Crippen LogP contribution in [-0.2, 0) is 11.3 Å². The first-order valence-corrected chi connectivity index (χ1v) is 7.41. The molecule has 1 saturated heterocycles. The highest BCUT2D eigenvalue weighted by Gasteiger charge is 2.23. The van der Waals surface area contributed by atoms with Crippen LogP contribution in [0.1, 0.15) is 26.2 Å². The number of amides is 1. The van der Waals surface area contributed by atoms with Crippen LogP contribution >= 0.6 is 0 Å². The zero-order chi connectivity index (χ0) is 14.8. The van der Waals surface area contributed by atoms with E-state index in [0.717, 1.165) is 24.9 Å². The molecule has 0 N–H and O–H groups in total. The summed E-state index contributed by atoms with van der Waals surface area (Å²) in [5.41, 5.74) is 1.21. The van der Waals surface area contributed by atoms with Crippen molar-refractivity contribution in [1.29, 1.82) is 0 Å². The van der Waals surface area contributed by atoms with Crippen molar-refractivity contribution in [3.05, 3.63) is 40.8 Å². The molecule has 0 spiro atoms. The number of carbonyl (C=O) groups excluding carboxylic acids is 1. The van der Waals surface area contributed by atoms with E-state index in [9.17, 15) is 9.59 Å². The zero-order valence-corrected chi connectivity index (χ0v) is 12.2. The van der Waals surface area contributed by atoms with E-state index < -0.39 is 0 Å². The van der Waals surface area contributed by atoms with Crippen molar-refractivity contribution in [3.63, 3.8) is 0 Å². The van der Waals surface area contributed by atoms with Gasteiger partial charge in [0.2, 0.25) is 5.91 Å². The minimum atomic E-state index is -0.230. The van der Waals surface area contributed by atoms with Gasteiger partial charge in [-0.1, -0.05) is 12.1 Å². The zero-order valence-electron chi connectivity index (χ0n) is 12.2. The van der Waals surface area contributed by atoms with Crippen molar-refractivity contribution in [2.75, 3.05) is 6.54 Å². The second-order valence-corrected chi connectivity index (χ2v) is 5.60. The molecule has 0 unspecified atom stereocenters. The summed E-state index contributed by atoms with van der Waals surface area (Å²) in [4.78, 5) is 30.6. The normalized spacial score (nSPS) is 18.9. The van der Waals surface area contributed by atoms with E-state index in [-0.39, 0.29) is 24.1 Å². The number of fused-ring (bicyclic) bond motifs is 1. The lowest BCUT2D eigenvalue weighted by molar-refractivity contribution is -0.135. The maximum atomic E-state index is 12.5. The van der Waals surface area contributed by atoms with Crippen LogP contribution < -0.4 is 5.56 Å². The lowest BCUT2D eigenvalue weighted by Crippen LogP contribution is -2.44. The van der Waals surface area contributed by atoms with E-state index in [2.05, 4.69) is 11.9 Å². The topological polar surface area (TPSA) is 55.2 Å². The summed E-state index contributed by atoms with van der Waals surface area (Å²) in [6.45, 7) is 2.95. The molecule has 3 rings (SSSR count). The third kappa shape index (κ3) is 2.68. The molecule has 1 amide bonds. The van der Waals surface area contributed by atoms with E-state index in [1.807, 2.05) is 29.2 Å². The Morgan fingerprint density at radius 3 is 2.95 bits per heavy atom. The van der Waals surface area contributed by atoms with Crippen molar-refractivity contribution in [3.8, 4) is 0 Å². The average molecular weight is 285 g/mol. The molecule has 1 atom stereocenters. The lowest BCUT2D eigenvalue weighted by atomic mass is 10.0. The van der Waals surface area contributed by atoms with Gasteiger partial charge in [-0.25, -0.2) is 4.98 Å². The highest BCUT2D eigenvalue weighted by atomic mass is 16.2. The van der Waals surface area contributed by atoms with Gasteiger partial charge in [-0.15, -0.1) is 0 Å². The number of piperidine rings is 1. The summed E-state index contributed by atoms with van der Waals surface area (Å²) in [6, 6.07) is 7.66. The van der Waals surface area contributed by atoms with Gasteiger partial charge in [-0.2, -0.15) is 0 Å². The summed E-state index contributed by atoms with van der Waals surface area (Å²) in [5, 5.41) is 0. The summed E-state index contributed by atoms with van der Waals surface area (Å²) in [5.74, 6) is 0.0145. The van der Waals surface area contributed by atoms with Crippen molar-refractivity contribution < 1.29 is 4.79 Å². The molecule has 2 aromatic rings. The van der Waals surface area contributed by atoms with Crippen LogP contribution in [0, 0.1) is 0 Å². The minimum Gasteiger partial charge on any atom is -0.338 e. The highest BCUT2D eigenvalue weighted by molar-refractivity contribution is 5.80. The van der Waals surface area contributed by atoms with E-state index in [1.54, 1.807) is 0 Å². The van der Waals surface area contributed by atoms with Gasteiger partial charge in [0.1, 0.15) is 6.54 Å². The first-order chi connectivity index (χ1) is 10.2. The first kappa shape index (κ1) is 13.8. The van der Waals surface area contributed by atoms with Crippen molar-refractivity contribution in [2.45, 2.75) is 38.8 Å². The highest BCUT2D eigenvalue weighted by Crippen LogP contribution is 2.17. The Kier molecular flexibility index (Phi) is 3.73. The molecule has 21 heavy (non-hydrogen) atoms. The SMILES string of the molecule is C[C@H]1CCCCN1C(=O)Cn1c(=O)cnc2ccccc21. The maximum Gasteiger partial charge on any atom is 0.269 e. The number of rotatable bonds is 2. The van der Waals surface area contributed by atoms with Crippen LogP contribution in [0.25, 0.3) is 11.0 Å². The lowest BCUT2D eigenvalue weighted by Gasteiger charge is -2.33. The number of aromatic nitrogens is 2. The molecule has 110 valence electrons. The molecule has 1 fully saturated rings. The molecule has 1 aromatic heterocycles. The third-order valence-electron chi connectivity index (χ3n) is 4.17. The quantitative estimate of drug-likeness (QED) is 0.845. The van der Waals surface area contributed by atoms with Gasteiger partial charge in [0.15, 0.2) is 0 Å². The van der Waals surface area contributed by atoms with Crippen molar-refractivity contribution in [1.82, 2.24) is 14.5 Å². The third-order valence-corrected chi connectivity index (χ3v) is 4.17. The van der Waals surface area contributed by atoms with E-state index in [1.165, 1.54) is 17.2 Å². The van der Waals surface area contributed by atoms with Crippen LogP contribution in [0.3, 0.4) is 0 Å². The number of hydrogen-bond donors (Lipinski definition) is 0. The molecule has 1 aliphatic heterocycles. The van der Waals surface area contributed by atoms with E-state index in [4.69, 9.17) is 0 Å². The predicted molar refractivity (Wildman–Crippen MR) is 81.0 cm³/mol. The number of nitrogens with zero attached hydrogens (tertiary/aromatic N) is 3.